The number of nitrogens with zero attached hydrogens (tertiary/aromatic N) is 2. The number of methoxy groups -OCH3 is 2. The Morgan fingerprint density at radius 1 is 1.22 bits per heavy atom. The molecule has 148 valence electrons. The van der Waals surface area contributed by atoms with Crippen molar-refractivity contribution in [3.05, 3.63) is 35.1 Å². The van der Waals surface area contributed by atoms with E-state index in [1.807, 2.05) is 0 Å². The molecule has 1 aliphatic heterocycles. The van der Waals surface area contributed by atoms with E-state index in [4.69, 9.17) is 4.74 Å². The molecule has 1 unspecified atom stereocenters. The van der Waals surface area contributed by atoms with Crippen molar-refractivity contribution < 1.29 is 36.6 Å². The fourth-order valence-corrected chi connectivity index (χ4v) is 3.47. The summed E-state index contributed by atoms with van der Waals surface area (Å²) in [7, 11) is 2.35. The molecular weight excluding hydrogens is 372 g/mol. The lowest BCUT2D eigenvalue weighted by molar-refractivity contribution is -0.140. The highest BCUT2D eigenvalue weighted by Crippen LogP contribution is 2.54. The lowest BCUT2D eigenvalue weighted by Gasteiger charge is -2.48. The fourth-order valence-electron chi connectivity index (χ4n) is 3.47. The lowest BCUT2D eigenvalue weighted by Crippen LogP contribution is -2.63. The van der Waals surface area contributed by atoms with Crippen molar-refractivity contribution in [2.45, 2.75) is 37.1 Å². The van der Waals surface area contributed by atoms with Gasteiger partial charge in [-0.25, -0.2) is 14.0 Å². The maximum atomic E-state index is 13.7. The molecule has 2 fully saturated rings. The van der Waals surface area contributed by atoms with Crippen molar-refractivity contribution in [3.8, 4) is 0 Å². The summed E-state index contributed by atoms with van der Waals surface area (Å²) in [4.78, 5) is 26.9. The van der Waals surface area contributed by atoms with Gasteiger partial charge in [-0.15, -0.1) is 0 Å². The molecule has 0 aromatic heterocycles. The summed E-state index contributed by atoms with van der Waals surface area (Å²) in [6.45, 7) is 0.345. The Morgan fingerprint density at radius 2 is 1.89 bits per heavy atom. The van der Waals surface area contributed by atoms with Crippen LogP contribution in [0, 0.1) is 5.82 Å². The number of amides is 2. The molecule has 0 radical (unpaired) electrons. The van der Waals surface area contributed by atoms with Crippen molar-refractivity contribution in [2.24, 2.45) is 0 Å². The van der Waals surface area contributed by atoms with E-state index in [0.29, 0.717) is 25.8 Å². The molecule has 1 aliphatic carbocycles. The van der Waals surface area contributed by atoms with Crippen molar-refractivity contribution in [1.29, 1.82) is 0 Å². The average Bonchev–Trinajstić information content (AvgIpc) is 3.38. The summed E-state index contributed by atoms with van der Waals surface area (Å²) in [5, 5.41) is 0. The van der Waals surface area contributed by atoms with Crippen LogP contribution in [-0.4, -0.2) is 48.9 Å². The van der Waals surface area contributed by atoms with Gasteiger partial charge in [0, 0.05) is 13.0 Å². The van der Waals surface area contributed by atoms with Crippen LogP contribution in [0.4, 0.5) is 27.2 Å². The summed E-state index contributed by atoms with van der Waals surface area (Å²) < 4.78 is 62.4. The number of carbonyl (C=O) groups is 2. The number of benzene rings is 1. The van der Waals surface area contributed by atoms with Gasteiger partial charge in [0.15, 0.2) is 0 Å². The van der Waals surface area contributed by atoms with Gasteiger partial charge in [-0.1, -0.05) is 6.07 Å². The molecule has 2 amide bonds. The molecule has 0 bridgehead atoms. The molecule has 3 rings (SSSR count). The van der Waals surface area contributed by atoms with Gasteiger partial charge < -0.3 is 9.47 Å². The van der Waals surface area contributed by atoms with E-state index in [0.717, 1.165) is 19.2 Å². The van der Waals surface area contributed by atoms with E-state index >= 15 is 0 Å². The van der Waals surface area contributed by atoms with E-state index in [1.165, 1.54) is 23.0 Å². The first-order valence-electron chi connectivity index (χ1n) is 8.25. The van der Waals surface area contributed by atoms with Crippen LogP contribution < -0.4 is 0 Å². The van der Waals surface area contributed by atoms with E-state index in [-0.39, 0.29) is 5.56 Å². The van der Waals surface area contributed by atoms with Crippen LogP contribution in [0.1, 0.15) is 30.4 Å². The first-order chi connectivity index (χ1) is 12.7. The molecule has 2 aliphatic rings. The number of hydrogen-bond donors (Lipinski definition) is 0. The Bertz CT molecular complexity index is 764. The predicted octanol–water partition coefficient (Wildman–Crippen LogP) is 3.70. The summed E-state index contributed by atoms with van der Waals surface area (Å²) >= 11 is 0. The number of alkyl halides is 3. The third-order valence-electron chi connectivity index (χ3n) is 5.06. The second kappa shape index (κ2) is 6.58. The zero-order valence-electron chi connectivity index (χ0n) is 14.7. The Kier molecular flexibility index (Phi) is 4.69. The van der Waals surface area contributed by atoms with Crippen molar-refractivity contribution in [3.63, 3.8) is 0 Å². The molecule has 1 saturated carbocycles. The van der Waals surface area contributed by atoms with Crippen molar-refractivity contribution in [2.75, 3.05) is 20.8 Å². The number of rotatable bonds is 3. The summed E-state index contributed by atoms with van der Waals surface area (Å²) in [6.07, 6.45) is -5.81. The lowest BCUT2D eigenvalue weighted by atomic mass is 9.97. The quantitative estimate of drug-likeness (QED) is 0.739. The van der Waals surface area contributed by atoms with Crippen LogP contribution in [0.15, 0.2) is 18.2 Å². The molecule has 1 aromatic rings. The molecule has 6 nitrogen and oxygen atoms in total. The molecule has 10 heteroatoms. The zero-order valence-corrected chi connectivity index (χ0v) is 14.7. The van der Waals surface area contributed by atoms with Crippen LogP contribution in [0.3, 0.4) is 0 Å². The normalized spacial score (nSPS) is 20.5. The van der Waals surface area contributed by atoms with E-state index in [9.17, 15) is 27.2 Å². The molecule has 1 heterocycles. The Morgan fingerprint density at radius 3 is 2.33 bits per heavy atom. The van der Waals surface area contributed by atoms with E-state index < -0.39 is 41.4 Å². The monoisotopic (exact) mass is 390 g/mol. The van der Waals surface area contributed by atoms with Crippen LogP contribution in [-0.2, 0) is 21.2 Å². The van der Waals surface area contributed by atoms with Crippen molar-refractivity contribution >= 4 is 12.2 Å². The van der Waals surface area contributed by atoms with Gasteiger partial charge in [0.1, 0.15) is 12.0 Å². The summed E-state index contributed by atoms with van der Waals surface area (Å²) in [5.41, 5.74) is -2.33. The molecule has 1 atom stereocenters. The van der Waals surface area contributed by atoms with Crippen molar-refractivity contribution in [1.82, 2.24) is 9.80 Å². The van der Waals surface area contributed by atoms with Crippen LogP contribution in [0.2, 0.25) is 0 Å². The minimum absolute atomic E-state index is 0.151. The molecule has 1 saturated heterocycles. The van der Waals surface area contributed by atoms with Crippen LogP contribution in [0.25, 0.3) is 0 Å². The van der Waals surface area contributed by atoms with E-state index in [2.05, 4.69) is 4.74 Å². The van der Waals surface area contributed by atoms with Gasteiger partial charge in [-0.2, -0.15) is 13.2 Å². The van der Waals surface area contributed by atoms with Gasteiger partial charge in [0.25, 0.3) is 0 Å². The second-order valence-electron chi connectivity index (χ2n) is 6.50. The number of carbonyl (C=O) groups excluding carboxylic acids is 2. The number of ether oxygens (including phenoxy) is 2. The highest BCUT2D eigenvalue weighted by molar-refractivity contribution is 5.74. The van der Waals surface area contributed by atoms with Gasteiger partial charge in [-0.05, 0) is 30.5 Å². The molecular formula is C17H18F4N2O4. The fraction of sp³-hybridized carbons (Fsp3) is 0.529. The third kappa shape index (κ3) is 3.17. The number of hydrogen-bond acceptors (Lipinski definition) is 4. The first kappa shape index (κ1) is 19.2. The topological polar surface area (TPSA) is 59.1 Å². The maximum absolute atomic E-state index is 13.7. The minimum Gasteiger partial charge on any atom is -0.453 e. The highest BCUT2D eigenvalue weighted by Gasteiger charge is 2.58. The molecule has 1 aromatic carbocycles. The summed E-state index contributed by atoms with van der Waals surface area (Å²) in [6, 6.07) is 2.70. The molecule has 27 heavy (non-hydrogen) atoms. The largest absolute Gasteiger partial charge is 0.453 e. The highest BCUT2D eigenvalue weighted by atomic mass is 19.4. The SMILES string of the molecule is COC(=O)N1CCC1N(C(=O)OC)C1(c2ccc(F)c(C(F)(F)F)c2)CC1. The average molecular weight is 390 g/mol. The standard InChI is InChI=1S/C17H18F4N2O4/c1-26-14(24)22-8-5-13(22)23(15(25)27-2)16(6-7-16)10-3-4-12(18)11(9-10)17(19,20)21/h3-4,9,13H,5-8H2,1-2H3. The summed E-state index contributed by atoms with van der Waals surface area (Å²) in [5.74, 6) is -1.38. The zero-order chi connectivity index (χ0) is 20.0. The van der Waals surface area contributed by atoms with Crippen LogP contribution >= 0.6 is 0 Å². The van der Waals surface area contributed by atoms with Crippen LogP contribution in [0.5, 0.6) is 0 Å². The maximum Gasteiger partial charge on any atom is 0.419 e. The predicted molar refractivity (Wildman–Crippen MR) is 84.1 cm³/mol. The van der Waals surface area contributed by atoms with Gasteiger partial charge in [0.2, 0.25) is 0 Å². The Balaban J connectivity index is 2.01. The Labute approximate surface area is 152 Å². The van der Waals surface area contributed by atoms with Gasteiger partial charge >= 0.3 is 18.4 Å². The smallest absolute Gasteiger partial charge is 0.419 e. The molecule has 0 N–H and O–H groups in total. The Hall–Kier alpha value is -2.52. The van der Waals surface area contributed by atoms with Gasteiger partial charge in [-0.3, -0.25) is 9.80 Å². The van der Waals surface area contributed by atoms with Gasteiger partial charge in [0.05, 0.1) is 25.3 Å². The number of halogens is 4. The number of likely N-dealkylation sites (tertiary alicyclic amines) is 1. The second-order valence-corrected chi connectivity index (χ2v) is 6.50. The first-order valence-corrected chi connectivity index (χ1v) is 8.25. The minimum atomic E-state index is -4.86. The third-order valence-corrected chi connectivity index (χ3v) is 5.06. The van der Waals surface area contributed by atoms with E-state index in [1.54, 1.807) is 0 Å². The molecule has 0 spiro atoms.